The molecule has 2 aliphatic rings. The average molecular weight is 379 g/mol. The topological polar surface area (TPSA) is 41.6 Å². The zero-order chi connectivity index (χ0) is 13.0. The van der Waals surface area contributed by atoms with Crippen LogP contribution >= 0.6 is 24.0 Å². The first-order valence-electron chi connectivity index (χ1n) is 7.71. The number of nitrogens with two attached hydrogens (primary N) is 1. The molecule has 0 aromatic heterocycles. The van der Waals surface area contributed by atoms with Gasteiger partial charge in [0.1, 0.15) is 0 Å². The van der Waals surface area contributed by atoms with Gasteiger partial charge in [-0.15, -0.1) is 24.0 Å². The van der Waals surface area contributed by atoms with Gasteiger partial charge in [-0.3, -0.25) is 4.99 Å². The molecule has 3 atom stereocenters. The molecule has 19 heavy (non-hydrogen) atoms. The van der Waals surface area contributed by atoms with Gasteiger partial charge in [0, 0.05) is 19.6 Å². The first kappa shape index (κ1) is 17.1. The highest BCUT2D eigenvalue weighted by Gasteiger charge is 2.22. The zero-order valence-corrected chi connectivity index (χ0v) is 14.8. The fourth-order valence-corrected chi connectivity index (χ4v) is 3.37. The van der Waals surface area contributed by atoms with Gasteiger partial charge in [0.15, 0.2) is 5.96 Å². The van der Waals surface area contributed by atoms with Crippen molar-refractivity contribution in [3.63, 3.8) is 0 Å². The number of halogens is 1. The second kappa shape index (κ2) is 8.32. The fraction of sp³-hybridized carbons (Fsp3) is 0.933. The predicted molar refractivity (Wildman–Crippen MR) is 93.0 cm³/mol. The Morgan fingerprint density at radius 1 is 1.16 bits per heavy atom. The molecular weight excluding hydrogens is 349 g/mol. The van der Waals surface area contributed by atoms with Gasteiger partial charge in [-0.2, -0.15) is 0 Å². The van der Waals surface area contributed by atoms with Gasteiger partial charge in [0.2, 0.25) is 0 Å². The number of nitrogens with zero attached hydrogens (tertiary/aromatic N) is 2. The minimum atomic E-state index is 0. The van der Waals surface area contributed by atoms with Crippen LogP contribution in [0.1, 0.15) is 52.4 Å². The van der Waals surface area contributed by atoms with Crippen molar-refractivity contribution in [2.24, 2.45) is 28.5 Å². The summed E-state index contributed by atoms with van der Waals surface area (Å²) >= 11 is 0. The predicted octanol–water partition coefficient (Wildman–Crippen LogP) is 3.48. The molecule has 1 aliphatic heterocycles. The molecule has 1 aliphatic carbocycles. The van der Waals surface area contributed by atoms with Crippen molar-refractivity contribution in [1.29, 1.82) is 0 Å². The van der Waals surface area contributed by atoms with Crippen LogP contribution < -0.4 is 5.73 Å². The molecule has 0 bridgehead atoms. The van der Waals surface area contributed by atoms with Gasteiger partial charge in [-0.05, 0) is 37.0 Å². The molecule has 4 heteroatoms. The highest BCUT2D eigenvalue weighted by molar-refractivity contribution is 14.0. The third-order valence-electron chi connectivity index (χ3n) is 4.76. The van der Waals surface area contributed by atoms with Crippen LogP contribution in [0.25, 0.3) is 0 Å². The lowest BCUT2D eigenvalue weighted by atomic mass is 9.80. The van der Waals surface area contributed by atoms with Crippen LogP contribution in [-0.4, -0.2) is 30.5 Å². The van der Waals surface area contributed by atoms with Crippen LogP contribution in [-0.2, 0) is 0 Å². The van der Waals surface area contributed by atoms with E-state index in [2.05, 4.69) is 23.7 Å². The van der Waals surface area contributed by atoms with Crippen molar-refractivity contribution in [3.8, 4) is 0 Å². The molecule has 1 heterocycles. The molecule has 0 radical (unpaired) electrons. The molecule has 3 unspecified atom stereocenters. The van der Waals surface area contributed by atoms with Crippen LogP contribution in [0.4, 0.5) is 0 Å². The third-order valence-corrected chi connectivity index (χ3v) is 4.76. The molecule has 2 rings (SSSR count). The second-order valence-corrected chi connectivity index (χ2v) is 6.41. The number of guanidine groups is 1. The maximum Gasteiger partial charge on any atom is 0.191 e. The Hall–Kier alpha value is 0. The van der Waals surface area contributed by atoms with Crippen molar-refractivity contribution >= 4 is 29.9 Å². The summed E-state index contributed by atoms with van der Waals surface area (Å²) in [5, 5.41) is 0. The van der Waals surface area contributed by atoms with Crippen LogP contribution in [0.15, 0.2) is 4.99 Å². The molecule has 1 saturated carbocycles. The maximum absolute atomic E-state index is 6.15. The van der Waals surface area contributed by atoms with Gasteiger partial charge < -0.3 is 10.6 Å². The Labute approximate surface area is 135 Å². The molecule has 112 valence electrons. The maximum atomic E-state index is 6.15. The number of likely N-dealkylation sites (tertiary alicyclic amines) is 1. The Morgan fingerprint density at radius 3 is 2.58 bits per heavy atom. The first-order chi connectivity index (χ1) is 8.66. The summed E-state index contributed by atoms with van der Waals surface area (Å²) in [4.78, 5) is 6.96. The van der Waals surface area contributed by atoms with Crippen molar-refractivity contribution in [2.75, 3.05) is 19.6 Å². The van der Waals surface area contributed by atoms with Gasteiger partial charge in [-0.1, -0.05) is 33.1 Å². The summed E-state index contributed by atoms with van der Waals surface area (Å²) < 4.78 is 0. The van der Waals surface area contributed by atoms with Crippen LogP contribution in [0, 0.1) is 17.8 Å². The fourth-order valence-electron chi connectivity index (χ4n) is 3.37. The lowest BCUT2D eigenvalue weighted by Gasteiger charge is -2.32. The van der Waals surface area contributed by atoms with E-state index in [1.54, 1.807) is 0 Å². The van der Waals surface area contributed by atoms with Crippen LogP contribution in [0.5, 0.6) is 0 Å². The Morgan fingerprint density at radius 2 is 1.89 bits per heavy atom. The molecule has 2 N–H and O–H groups in total. The van der Waals surface area contributed by atoms with Crippen molar-refractivity contribution in [1.82, 2.24) is 4.90 Å². The van der Waals surface area contributed by atoms with Gasteiger partial charge in [0.05, 0.1) is 0 Å². The summed E-state index contributed by atoms with van der Waals surface area (Å²) in [6.07, 6.45) is 8.10. The molecule has 0 aromatic carbocycles. The summed E-state index contributed by atoms with van der Waals surface area (Å²) in [5.41, 5.74) is 6.15. The van der Waals surface area contributed by atoms with Crippen molar-refractivity contribution < 1.29 is 0 Å². The normalized spacial score (nSPS) is 32.8. The molecular formula is C15H30IN3. The smallest absolute Gasteiger partial charge is 0.191 e. The van der Waals surface area contributed by atoms with Crippen molar-refractivity contribution in [3.05, 3.63) is 0 Å². The third kappa shape index (κ3) is 5.12. The molecule has 0 amide bonds. The minimum Gasteiger partial charge on any atom is -0.370 e. The second-order valence-electron chi connectivity index (χ2n) is 6.41. The van der Waals surface area contributed by atoms with E-state index in [9.17, 15) is 0 Å². The molecule has 0 spiro atoms. The summed E-state index contributed by atoms with van der Waals surface area (Å²) in [5.74, 6) is 3.15. The monoisotopic (exact) mass is 379 g/mol. The van der Waals surface area contributed by atoms with E-state index in [1.807, 2.05) is 0 Å². The summed E-state index contributed by atoms with van der Waals surface area (Å²) in [7, 11) is 0. The quantitative estimate of drug-likeness (QED) is 0.454. The van der Waals surface area contributed by atoms with Crippen LogP contribution in [0.2, 0.25) is 0 Å². The highest BCUT2D eigenvalue weighted by Crippen LogP contribution is 2.29. The number of hydrogen-bond donors (Lipinski definition) is 1. The zero-order valence-electron chi connectivity index (χ0n) is 12.5. The summed E-state index contributed by atoms with van der Waals surface area (Å²) in [6.45, 7) is 7.81. The van der Waals surface area contributed by atoms with E-state index >= 15 is 0 Å². The Balaban J connectivity index is 0.00000180. The van der Waals surface area contributed by atoms with Gasteiger partial charge in [0.25, 0.3) is 0 Å². The SMILES string of the molecule is CC1CCCN(C(N)=NCC2CCCCC2C)C1.I. The van der Waals surface area contributed by atoms with E-state index in [-0.39, 0.29) is 24.0 Å². The van der Waals surface area contributed by atoms with Gasteiger partial charge >= 0.3 is 0 Å². The number of hydrogen-bond acceptors (Lipinski definition) is 1. The number of aliphatic imine (C=N–C) groups is 1. The molecule has 3 nitrogen and oxygen atoms in total. The lowest BCUT2D eigenvalue weighted by Crippen LogP contribution is -2.43. The van der Waals surface area contributed by atoms with E-state index in [1.165, 1.54) is 38.5 Å². The number of rotatable bonds is 2. The lowest BCUT2D eigenvalue weighted by molar-refractivity contribution is 0.255. The minimum absolute atomic E-state index is 0. The van der Waals surface area contributed by atoms with E-state index in [0.29, 0.717) is 0 Å². The largest absolute Gasteiger partial charge is 0.370 e. The molecule has 1 saturated heterocycles. The van der Waals surface area contributed by atoms with E-state index in [4.69, 9.17) is 5.73 Å². The van der Waals surface area contributed by atoms with Gasteiger partial charge in [-0.25, -0.2) is 0 Å². The van der Waals surface area contributed by atoms with Crippen LogP contribution in [0.3, 0.4) is 0 Å². The Bertz CT molecular complexity index is 293. The number of piperidine rings is 1. The molecule has 2 fully saturated rings. The highest BCUT2D eigenvalue weighted by atomic mass is 127. The average Bonchev–Trinajstić information content (AvgIpc) is 2.37. The van der Waals surface area contributed by atoms with Crippen molar-refractivity contribution in [2.45, 2.75) is 52.4 Å². The first-order valence-corrected chi connectivity index (χ1v) is 7.71. The Kier molecular flexibility index (Phi) is 7.47. The summed E-state index contributed by atoms with van der Waals surface area (Å²) in [6, 6.07) is 0. The molecule has 0 aromatic rings. The standard InChI is InChI=1S/C15H29N3.HI/c1-12-6-5-9-18(11-12)15(16)17-10-14-8-4-3-7-13(14)2;/h12-14H,3-11H2,1-2H3,(H2,16,17);1H. The van der Waals surface area contributed by atoms with E-state index < -0.39 is 0 Å². The van der Waals surface area contributed by atoms with E-state index in [0.717, 1.165) is 43.3 Å².